The van der Waals surface area contributed by atoms with Gasteiger partial charge in [0.05, 0.1) is 6.20 Å². The first kappa shape index (κ1) is 17.3. The highest BCUT2D eigenvalue weighted by Crippen LogP contribution is 2.26. The molecule has 0 N–H and O–H groups in total. The molecule has 0 bridgehead atoms. The predicted molar refractivity (Wildman–Crippen MR) is 102 cm³/mol. The summed E-state index contributed by atoms with van der Waals surface area (Å²) in [5, 5.41) is 4.46. The summed E-state index contributed by atoms with van der Waals surface area (Å²) in [6.45, 7) is 5.92. The maximum absolute atomic E-state index is 12.8. The van der Waals surface area contributed by atoms with Gasteiger partial charge in [-0.1, -0.05) is 13.3 Å². The van der Waals surface area contributed by atoms with Crippen LogP contribution in [0.4, 0.5) is 5.82 Å². The van der Waals surface area contributed by atoms with Crippen molar-refractivity contribution in [2.24, 2.45) is 5.92 Å². The molecule has 0 spiro atoms. The van der Waals surface area contributed by atoms with Gasteiger partial charge in [0.2, 0.25) is 5.91 Å². The first-order valence-electron chi connectivity index (χ1n) is 10.1. The molecule has 26 heavy (non-hydrogen) atoms. The molecule has 0 atom stereocenters. The summed E-state index contributed by atoms with van der Waals surface area (Å²) in [6.07, 6.45) is 9.35. The fraction of sp³-hybridized carbons (Fsp3) is 0.650. The van der Waals surface area contributed by atoms with Crippen LogP contribution in [-0.2, 0) is 11.2 Å². The second-order valence-electron chi connectivity index (χ2n) is 7.60. The molecule has 6 nitrogen and oxygen atoms in total. The Morgan fingerprint density at radius 2 is 1.92 bits per heavy atom. The topological polar surface area (TPSA) is 53.7 Å². The lowest BCUT2D eigenvalue weighted by molar-refractivity contribution is -0.137. The number of piperidine rings is 2. The van der Waals surface area contributed by atoms with E-state index in [0.717, 1.165) is 69.0 Å². The quantitative estimate of drug-likeness (QED) is 0.846. The van der Waals surface area contributed by atoms with Crippen molar-refractivity contribution in [1.82, 2.24) is 19.5 Å². The minimum absolute atomic E-state index is 0.189. The van der Waals surface area contributed by atoms with Crippen LogP contribution in [-0.4, -0.2) is 51.6 Å². The number of hydrogen-bond donors (Lipinski definition) is 0. The zero-order valence-corrected chi connectivity index (χ0v) is 15.7. The molecule has 1 amide bonds. The van der Waals surface area contributed by atoms with Crippen molar-refractivity contribution in [2.45, 2.75) is 51.9 Å². The second kappa shape index (κ2) is 7.64. The first-order valence-corrected chi connectivity index (χ1v) is 10.1. The second-order valence-corrected chi connectivity index (χ2v) is 7.60. The molecule has 0 unspecified atom stereocenters. The minimum atomic E-state index is 0.189. The lowest BCUT2D eigenvalue weighted by Gasteiger charge is -2.36. The Kier molecular flexibility index (Phi) is 5.09. The normalized spacial score (nSPS) is 19.3. The van der Waals surface area contributed by atoms with Crippen molar-refractivity contribution < 1.29 is 4.79 Å². The Labute approximate surface area is 155 Å². The number of amides is 1. The van der Waals surface area contributed by atoms with Crippen molar-refractivity contribution in [3.63, 3.8) is 0 Å². The van der Waals surface area contributed by atoms with Crippen molar-refractivity contribution in [2.75, 3.05) is 31.1 Å². The van der Waals surface area contributed by atoms with Gasteiger partial charge in [0.15, 0.2) is 5.65 Å². The number of aryl methyl sites for hydroxylation is 1. The maximum Gasteiger partial charge on any atom is 0.225 e. The Morgan fingerprint density at radius 1 is 1.15 bits per heavy atom. The third kappa shape index (κ3) is 3.41. The van der Waals surface area contributed by atoms with Gasteiger partial charge in [-0.2, -0.15) is 9.61 Å². The van der Waals surface area contributed by atoms with Crippen LogP contribution in [0, 0.1) is 5.92 Å². The summed E-state index contributed by atoms with van der Waals surface area (Å²) in [5.74, 6) is 1.69. The summed E-state index contributed by atoms with van der Waals surface area (Å²) in [5.41, 5.74) is 2.04. The van der Waals surface area contributed by atoms with E-state index in [1.54, 1.807) is 0 Å². The van der Waals surface area contributed by atoms with Gasteiger partial charge in [-0.15, -0.1) is 0 Å². The molecule has 0 aromatic carbocycles. The minimum Gasteiger partial charge on any atom is -0.356 e. The monoisotopic (exact) mass is 355 g/mol. The number of carbonyl (C=O) groups is 1. The van der Waals surface area contributed by atoms with Crippen molar-refractivity contribution in [3.8, 4) is 0 Å². The van der Waals surface area contributed by atoms with E-state index in [1.807, 2.05) is 16.8 Å². The van der Waals surface area contributed by atoms with Crippen molar-refractivity contribution in [3.05, 3.63) is 24.0 Å². The zero-order valence-electron chi connectivity index (χ0n) is 15.7. The number of fused-ring (bicyclic) bond motifs is 1. The standard InChI is InChI=1S/C20H29N5O/c1-2-6-17-15-19(25-18(22-17)7-10-21-25)23-13-8-16(9-14-23)20(26)24-11-4-3-5-12-24/h7,10,15-16H,2-6,8-9,11-14H2,1H3. The predicted octanol–water partition coefficient (Wildman–Crippen LogP) is 2.91. The van der Waals surface area contributed by atoms with E-state index in [1.165, 1.54) is 19.3 Å². The smallest absolute Gasteiger partial charge is 0.225 e. The van der Waals surface area contributed by atoms with Crippen LogP contribution in [0.3, 0.4) is 0 Å². The fourth-order valence-corrected chi connectivity index (χ4v) is 4.28. The maximum atomic E-state index is 12.8. The Balaban J connectivity index is 1.47. The lowest BCUT2D eigenvalue weighted by Crippen LogP contribution is -2.44. The number of carbonyl (C=O) groups excluding carboxylic acids is 1. The highest BCUT2D eigenvalue weighted by Gasteiger charge is 2.30. The molecule has 2 aromatic rings. The Hall–Kier alpha value is -2.11. The molecular formula is C20H29N5O. The summed E-state index contributed by atoms with van der Waals surface area (Å²) in [4.78, 5) is 22.0. The van der Waals surface area contributed by atoms with Crippen LogP contribution >= 0.6 is 0 Å². The van der Waals surface area contributed by atoms with Gasteiger partial charge < -0.3 is 9.80 Å². The molecule has 4 rings (SSSR count). The summed E-state index contributed by atoms with van der Waals surface area (Å²) in [6, 6.07) is 4.14. The van der Waals surface area contributed by atoms with Crippen LogP contribution < -0.4 is 4.90 Å². The van der Waals surface area contributed by atoms with E-state index in [2.05, 4.69) is 27.9 Å². The molecule has 0 saturated carbocycles. The van der Waals surface area contributed by atoms with Crippen LogP contribution in [0.1, 0.15) is 51.1 Å². The Bertz CT molecular complexity index is 757. The van der Waals surface area contributed by atoms with E-state index < -0.39 is 0 Å². The van der Waals surface area contributed by atoms with Crippen molar-refractivity contribution in [1.29, 1.82) is 0 Å². The average Bonchev–Trinajstić information content (AvgIpc) is 3.16. The van der Waals surface area contributed by atoms with Gasteiger partial charge in [0.1, 0.15) is 5.82 Å². The number of likely N-dealkylation sites (tertiary alicyclic amines) is 1. The van der Waals surface area contributed by atoms with Crippen molar-refractivity contribution >= 4 is 17.4 Å². The van der Waals surface area contributed by atoms with E-state index >= 15 is 0 Å². The first-order chi connectivity index (χ1) is 12.8. The SMILES string of the molecule is CCCc1cc(N2CCC(C(=O)N3CCCCC3)CC2)n2nccc2n1. The summed E-state index contributed by atoms with van der Waals surface area (Å²) in [7, 11) is 0. The van der Waals surface area contributed by atoms with E-state index in [-0.39, 0.29) is 5.92 Å². The lowest BCUT2D eigenvalue weighted by atomic mass is 9.94. The van der Waals surface area contributed by atoms with Crippen LogP contribution in [0.5, 0.6) is 0 Å². The molecule has 2 saturated heterocycles. The van der Waals surface area contributed by atoms with E-state index in [9.17, 15) is 4.79 Å². The number of aromatic nitrogens is 3. The molecular weight excluding hydrogens is 326 g/mol. The molecule has 2 aliphatic rings. The van der Waals surface area contributed by atoms with Crippen LogP contribution in [0.25, 0.3) is 5.65 Å². The molecule has 140 valence electrons. The summed E-state index contributed by atoms with van der Waals surface area (Å²) < 4.78 is 1.94. The third-order valence-electron chi connectivity index (χ3n) is 5.74. The van der Waals surface area contributed by atoms with Gasteiger partial charge in [-0.25, -0.2) is 4.98 Å². The van der Waals surface area contributed by atoms with Gasteiger partial charge in [0, 0.05) is 49.9 Å². The van der Waals surface area contributed by atoms with Gasteiger partial charge >= 0.3 is 0 Å². The zero-order chi connectivity index (χ0) is 17.9. The number of nitrogens with zero attached hydrogens (tertiary/aromatic N) is 5. The largest absolute Gasteiger partial charge is 0.356 e. The highest BCUT2D eigenvalue weighted by atomic mass is 16.2. The molecule has 0 aliphatic carbocycles. The van der Waals surface area contributed by atoms with E-state index in [0.29, 0.717) is 5.91 Å². The van der Waals surface area contributed by atoms with E-state index in [4.69, 9.17) is 4.98 Å². The fourth-order valence-electron chi connectivity index (χ4n) is 4.28. The Morgan fingerprint density at radius 3 is 2.65 bits per heavy atom. The van der Waals surface area contributed by atoms with Gasteiger partial charge in [-0.3, -0.25) is 4.79 Å². The molecule has 2 fully saturated rings. The molecule has 4 heterocycles. The number of rotatable bonds is 4. The van der Waals surface area contributed by atoms with Gasteiger partial charge in [-0.05, 0) is 38.5 Å². The molecule has 6 heteroatoms. The molecule has 0 radical (unpaired) electrons. The number of hydrogen-bond acceptors (Lipinski definition) is 4. The number of anilines is 1. The average molecular weight is 355 g/mol. The van der Waals surface area contributed by atoms with Crippen LogP contribution in [0.2, 0.25) is 0 Å². The van der Waals surface area contributed by atoms with Crippen LogP contribution in [0.15, 0.2) is 18.3 Å². The van der Waals surface area contributed by atoms with Gasteiger partial charge in [0.25, 0.3) is 0 Å². The molecule has 2 aliphatic heterocycles. The third-order valence-corrected chi connectivity index (χ3v) is 5.74. The highest BCUT2D eigenvalue weighted by molar-refractivity contribution is 5.79. The molecule has 2 aromatic heterocycles. The summed E-state index contributed by atoms with van der Waals surface area (Å²) >= 11 is 0.